The molecule has 7 nitrogen and oxygen atoms in total. The summed E-state index contributed by atoms with van der Waals surface area (Å²) in [7, 11) is 0. The predicted octanol–water partition coefficient (Wildman–Crippen LogP) is 1.44. The van der Waals surface area contributed by atoms with Crippen molar-refractivity contribution in [2.45, 2.75) is 32.5 Å². The lowest BCUT2D eigenvalue weighted by Crippen LogP contribution is -2.54. The van der Waals surface area contributed by atoms with Crippen molar-refractivity contribution in [3.05, 3.63) is 35.9 Å². The van der Waals surface area contributed by atoms with Crippen LogP contribution in [0.2, 0.25) is 0 Å². The number of hydrogen-bond donors (Lipinski definition) is 4. The van der Waals surface area contributed by atoms with Crippen LogP contribution < -0.4 is 10.6 Å². The molecule has 8 heteroatoms. The van der Waals surface area contributed by atoms with E-state index >= 15 is 0 Å². The normalized spacial score (nSPS) is 13.0. The molecular formula is C16H22N2O5S. The van der Waals surface area contributed by atoms with Crippen LogP contribution in [0.15, 0.2) is 30.3 Å². The van der Waals surface area contributed by atoms with Gasteiger partial charge in [0.05, 0.1) is 0 Å². The Bertz CT molecular complexity index is 565. The first-order valence-corrected chi connectivity index (χ1v) is 8.09. The molecule has 0 aliphatic heterocycles. The second-order valence-corrected chi connectivity index (χ2v) is 5.87. The zero-order valence-electron chi connectivity index (χ0n) is 13.6. The lowest BCUT2D eigenvalue weighted by molar-refractivity contribution is -0.141. The number of carboxylic acid groups (broad SMARTS) is 1. The highest BCUT2D eigenvalue weighted by molar-refractivity contribution is 7.80. The summed E-state index contributed by atoms with van der Waals surface area (Å²) >= 11 is 3.89. The predicted molar refractivity (Wildman–Crippen MR) is 91.8 cm³/mol. The molecule has 0 unspecified atom stereocenters. The molecule has 0 heterocycles. The second-order valence-electron chi connectivity index (χ2n) is 5.51. The van der Waals surface area contributed by atoms with E-state index in [4.69, 9.17) is 9.84 Å². The Morgan fingerprint density at radius 1 is 1.17 bits per heavy atom. The fraction of sp³-hybridized carbons (Fsp3) is 0.438. The van der Waals surface area contributed by atoms with E-state index in [1.54, 1.807) is 13.8 Å². The highest BCUT2D eigenvalue weighted by Crippen LogP contribution is 2.05. The first kappa shape index (κ1) is 19.8. The molecule has 132 valence electrons. The summed E-state index contributed by atoms with van der Waals surface area (Å²) in [5.74, 6) is -2.08. The topological polar surface area (TPSA) is 105 Å². The van der Waals surface area contributed by atoms with Crippen molar-refractivity contribution in [1.29, 1.82) is 0 Å². The van der Waals surface area contributed by atoms with Crippen molar-refractivity contribution in [1.82, 2.24) is 10.6 Å². The number of benzene rings is 1. The summed E-state index contributed by atoms with van der Waals surface area (Å²) in [4.78, 5) is 35.0. The number of thiol groups is 1. The number of hydrogen-bond acceptors (Lipinski definition) is 5. The van der Waals surface area contributed by atoms with Gasteiger partial charge < -0.3 is 20.5 Å². The Morgan fingerprint density at radius 3 is 2.29 bits per heavy atom. The molecule has 0 spiro atoms. The smallest absolute Gasteiger partial charge is 0.408 e. The van der Waals surface area contributed by atoms with Gasteiger partial charge in [-0.25, -0.2) is 9.59 Å². The van der Waals surface area contributed by atoms with Crippen LogP contribution in [-0.2, 0) is 20.9 Å². The van der Waals surface area contributed by atoms with Crippen molar-refractivity contribution >= 4 is 30.6 Å². The summed E-state index contributed by atoms with van der Waals surface area (Å²) in [6.45, 7) is 3.55. The molecule has 0 saturated carbocycles. The van der Waals surface area contributed by atoms with Gasteiger partial charge in [-0.15, -0.1) is 0 Å². The van der Waals surface area contributed by atoms with E-state index in [1.807, 2.05) is 30.3 Å². The number of nitrogens with one attached hydrogen (secondary N) is 2. The average molecular weight is 354 g/mol. The minimum Gasteiger partial charge on any atom is -0.480 e. The van der Waals surface area contributed by atoms with E-state index in [2.05, 4.69) is 23.3 Å². The number of alkyl carbamates (subject to hydrolysis) is 1. The number of carbonyl (C=O) groups excluding carboxylic acids is 2. The van der Waals surface area contributed by atoms with Gasteiger partial charge in [-0.3, -0.25) is 4.79 Å². The van der Waals surface area contributed by atoms with Gasteiger partial charge in [0, 0.05) is 5.75 Å². The summed E-state index contributed by atoms with van der Waals surface area (Å²) in [6.07, 6.45) is -0.745. The second kappa shape index (κ2) is 9.82. The number of amides is 2. The zero-order chi connectivity index (χ0) is 18.1. The van der Waals surface area contributed by atoms with Gasteiger partial charge in [0.25, 0.3) is 0 Å². The van der Waals surface area contributed by atoms with Gasteiger partial charge in [0.1, 0.15) is 18.7 Å². The molecule has 3 N–H and O–H groups in total. The molecule has 1 rings (SSSR count). The van der Waals surface area contributed by atoms with Crippen LogP contribution in [0.3, 0.4) is 0 Å². The Hall–Kier alpha value is -2.22. The van der Waals surface area contributed by atoms with E-state index in [0.29, 0.717) is 0 Å². The van der Waals surface area contributed by atoms with Crippen LogP contribution in [-0.4, -0.2) is 40.9 Å². The van der Waals surface area contributed by atoms with Crippen LogP contribution in [0, 0.1) is 5.92 Å². The van der Waals surface area contributed by atoms with Crippen molar-refractivity contribution in [3.8, 4) is 0 Å². The third-order valence-electron chi connectivity index (χ3n) is 3.23. The maximum atomic E-state index is 12.2. The first-order valence-electron chi connectivity index (χ1n) is 7.46. The molecule has 0 aliphatic rings. The fourth-order valence-corrected chi connectivity index (χ4v) is 2.12. The number of aliphatic carboxylic acids is 1. The molecule has 0 fully saturated rings. The van der Waals surface area contributed by atoms with Crippen LogP contribution >= 0.6 is 12.6 Å². The van der Waals surface area contributed by atoms with Gasteiger partial charge in [0.2, 0.25) is 5.91 Å². The van der Waals surface area contributed by atoms with Crippen LogP contribution in [0.25, 0.3) is 0 Å². The number of ether oxygens (including phenoxy) is 1. The largest absolute Gasteiger partial charge is 0.480 e. The molecule has 0 aliphatic carbocycles. The SMILES string of the molecule is CC(C)[C@H](NC(=O)OCc1ccccc1)C(=O)N[C@@H](CS)C(=O)O. The van der Waals surface area contributed by atoms with E-state index in [9.17, 15) is 14.4 Å². The fourth-order valence-electron chi connectivity index (χ4n) is 1.87. The van der Waals surface area contributed by atoms with Gasteiger partial charge in [-0.1, -0.05) is 44.2 Å². The molecule has 0 saturated heterocycles. The minimum atomic E-state index is -1.19. The lowest BCUT2D eigenvalue weighted by Gasteiger charge is -2.23. The third kappa shape index (κ3) is 6.49. The van der Waals surface area contributed by atoms with Gasteiger partial charge in [-0.2, -0.15) is 12.6 Å². The van der Waals surface area contributed by atoms with Crippen molar-refractivity contribution in [2.24, 2.45) is 5.92 Å². The highest BCUT2D eigenvalue weighted by Gasteiger charge is 2.28. The molecule has 2 amide bonds. The van der Waals surface area contributed by atoms with Gasteiger partial charge in [0.15, 0.2) is 0 Å². The number of carbonyl (C=O) groups is 3. The maximum Gasteiger partial charge on any atom is 0.408 e. The molecule has 1 aromatic rings. The van der Waals surface area contributed by atoms with Gasteiger partial charge in [-0.05, 0) is 11.5 Å². The number of carboxylic acids is 1. The highest BCUT2D eigenvalue weighted by atomic mass is 32.1. The first-order chi connectivity index (χ1) is 11.3. The summed E-state index contributed by atoms with van der Waals surface area (Å²) in [5.41, 5.74) is 0.819. The molecule has 0 aromatic heterocycles. The maximum absolute atomic E-state index is 12.2. The van der Waals surface area contributed by atoms with Crippen molar-refractivity contribution in [2.75, 3.05) is 5.75 Å². The van der Waals surface area contributed by atoms with Crippen molar-refractivity contribution < 1.29 is 24.2 Å². The lowest BCUT2D eigenvalue weighted by atomic mass is 10.0. The Kier molecular flexibility index (Phi) is 8.11. The van der Waals surface area contributed by atoms with E-state index < -0.39 is 30.1 Å². The van der Waals surface area contributed by atoms with Crippen LogP contribution in [0.5, 0.6) is 0 Å². The molecule has 0 radical (unpaired) electrons. The molecular weight excluding hydrogens is 332 g/mol. The summed E-state index contributed by atoms with van der Waals surface area (Å²) < 4.78 is 5.08. The summed E-state index contributed by atoms with van der Waals surface area (Å²) in [5, 5.41) is 13.8. The van der Waals surface area contributed by atoms with E-state index in [0.717, 1.165) is 5.56 Å². The monoisotopic (exact) mass is 354 g/mol. The third-order valence-corrected chi connectivity index (χ3v) is 3.60. The molecule has 24 heavy (non-hydrogen) atoms. The van der Waals surface area contributed by atoms with Crippen LogP contribution in [0.1, 0.15) is 19.4 Å². The molecule has 0 bridgehead atoms. The molecule has 1 aromatic carbocycles. The number of rotatable bonds is 8. The van der Waals surface area contributed by atoms with E-state index in [-0.39, 0.29) is 18.3 Å². The Balaban J connectivity index is 2.59. The van der Waals surface area contributed by atoms with Crippen molar-refractivity contribution in [3.63, 3.8) is 0 Å². The Labute approximate surface area is 146 Å². The summed E-state index contributed by atoms with van der Waals surface area (Å²) in [6, 6.07) is 7.09. The van der Waals surface area contributed by atoms with E-state index in [1.165, 1.54) is 0 Å². The van der Waals surface area contributed by atoms with Gasteiger partial charge >= 0.3 is 12.1 Å². The molecule has 2 atom stereocenters. The van der Waals surface area contributed by atoms with Crippen LogP contribution in [0.4, 0.5) is 4.79 Å². The quantitative estimate of drug-likeness (QED) is 0.529. The zero-order valence-corrected chi connectivity index (χ0v) is 14.5. The standard InChI is InChI=1S/C16H22N2O5S/c1-10(2)13(14(19)17-12(9-24)15(20)21)18-16(22)23-8-11-6-4-3-5-7-11/h3-7,10,12-13,24H,8-9H2,1-2H3,(H,17,19)(H,18,22)(H,20,21)/t12-,13-/m0/s1. The average Bonchev–Trinajstić information content (AvgIpc) is 2.55. The Morgan fingerprint density at radius 2 is 1.79 bits per heavy atom. The minimum absolute atomic E-state index is 0.0512.